The number of thioether (sulfide) groups is 1. The molecule has 2 amide bonds. The van der Waals surface area contributed by atoms with E-state index in [9.17, 15) is 14.0 Å². The van der Waals surface area contributed by atoms with E-state index >= 15 is 0 Å². The number of benzene rings is 1. The SMILES string of the molecule is CCCNC(=O)C1CCN(c2cc(SCC(=O)Nc3ccccc3F)ncn2)CC1. The first-order valence-corrected chi connectivity index (χ1v) is 11.1. The molecule has 2 N–H and O–H groups in total. The van der Waals surface area contributed by atoms with Gasteiger partial charge in [-0.1, -0.05) is 30.8 Å². The van der Waals surface area contributed by atoms with Gasteiger partial charge in [0.25, 0.3) is 0 Å². The predicted molar refractivity (Wildman–Crippen MR) is 116 cm³/mol. The van der Waals surface area contributed by atoms with Crippen LogP contribution in [0.4, 0.5) is 15.9 Å². The van der Waals surface area contributed by atoms with Crippen LogP contribution in [-0.2, 0) is 9.59 Å². The van der Waals surface area contributed by atoms with Gasteiger partial charge in [-0.25, -0.2) is 14.4 Å². The smallest absolute Gasteiger partial charge is 0.234 e. The van der Waals surface area contributed by atoms with Crippen LogP contribution in [-0.4, -0.2) is 47.2 Å². The highest BCUT2D eigenvalue weighted by Crippen LogP contribution is 2.25. The van der Waals surface area contributed by atoms with E-state index < -0.39 is 5.82 Å². The Morgan fingerprint density at radius 3 is 2.73 bits per heavy atom. The number of piperidine rings is 1. The standard InChI is InChI=1S/C21H26FN5O2S/c1-2-9-23-21(29)15-7-10-27(11-8-15)18-12-20(25-14-24-18)30-13-19(28)26-17-6-4-3-5-16(17)22/h3-6,12,14-15H,2,7-11,13H2,1H3,(H,23,29)(H,26,28). The van der Waals surface area contributed by atoms with Crippen molar-refractivity contribution in [1.82, 2.24) is 15.3 Å². The molecule has 3 rings (SSSR count). The largest absolute Gasteiger partial charge is 0.356 e. The predicted octanol–water partition coefficient (Wildman–Crippen LogP) is 3.09. The summed E-state index contributed by atoms with van der Waals surface area (Å²) < 4.78 is 13.6. The molecule has 1 fully saturated rings. The minimum atomic E-state index is -0.466. The van der Waals surface area contributed by atoms with E-state index in [0.29, 0.717) is 5.03 Å². The molecular formula is C21H26FN5O2S. The first-order valence-electron chi connectivity index (χ1n) is 10.1. The number of hydrogen-bond acceptors (Lipinski definition) is 6. The molecule has 1 aliphatic rings. The molecular weight excluding hydrogens is 405 g/mol. The van der Waals surface area contributed by atoms with Crippen LogP contribution in [0.25, 0.3) is 0 Å². The Balaban J connectivity index is 1.50. The molecule has 0 saturated carbocycles. The fraction of sp³-hybridized carbons (Fsp3) is 0.429. The van der Waals surface area contributed by atoms with Crippen molar-refractivity contribution in [2.75, 3.05) is 35.6 Å². The average molecular weight is 432 g/mol. The maximum atomic E-state index is 13.6. The number of hydrogen-bond donors (Lipinski definition) is 2. The van der Waals surface area contributed by atoms with Crippen LogP contribution < -0.4 is 15.5 Å². The first kappa shape index (κ1) is 22.0. The number of carbonyl (C=O) groups excluding carboxylic acids is 2. The number of rotatable bonds is 8. The van der Waals surface area contributed by atoms with Gasteiger partial charge in [0.15, 0.2) is 0 Å². The number of nitrogens with one attached hydrogen (secondary N) is 2. The van der Waals surface area contributed by atoms with Gasteiger partial charge < -0.3 is 15.5 Å². The number of amides is 2. The van der Waals surface area contributed by atoms with Crippen LogP contribution in [0, 0.1) is 11.7 Å². The van der Waals surface area contributed by atoms with Crippen LogP contribution in [0.2, 0.25) is 0 Å². The van der Waals surface area contributed by atoms with Crippen LogP contribution >= 0.6 is 11.8 Å². The van der Waals surface area contributed by atoms with Gasteiger partial charge in [0, 0.05) is 31.6 Å². The summed E-state index contributed by atoms with van der Waals surface area (Å²) in [6, 6.07) is 7.91. The molecule has 2 heterocycles. The summed E-state index contributed by atoms with van der Waals surface area (Å²) in [7, 11) is 0. The molecule has 1 aliphatic heterocycles. The molecule has 30 heavy (non-hydrogen) atoms. The van der Waals surface area contributed by atoms with Gasteiger partial charge in [0.2, 0.25) is 11.8 Å². The number of halogens is 1. The normalized spacial score (nSPS) is 14.4. The Kier molecular flexibility index (Phi) is 8.01. The topological polar surface area (TPSA) is 87.2 Å². The van der Waals surface area contributed by atoms with Gasteiger partial charge in [-0.3, -0.25) is 9.59 Å². The van der Waals surface area contributed by atoms with Crippen LogP contribution in [0.5, 0.6) is 0 Å². The Morgan fingerprint density at radius 2 is 2.00 bits per heavy atom. The van der Waals surface area contributed by atoms with E-state index in [-0.39, 0.29) is 29.2 Å². The molecule has 0 spiro atoms. The van der Waals surface area contributed by atoms with Crippen molar-refractivity contribution < 1.29 is 14.0 Å². The van der Waals surface area contributed by atoms with E-state index in [1.807, 2.05) is 13.0 Å². The van der Waals surface area contributed by atoms with Crippen molar-refractivity contribution in [3.8, 4) is 0 Å². The number of anilines is 2. The summed E-state index contributed by atoms with van der Waals surface area (Å²) in [6.45, 7) is 4.26. The first-order chi connectivity index (χ1) is 14.6. The Morgan fingerprint density at radius 1 is 1.23 bits per heavy atom. The molecule has 7 nitrogen and oxygen atoms in total. The Labute approximate surface area is 179 Å². The lowest BCUT2D eigenvalue weighted by molar-refractivity contribution is -0.125. The van der Waals surface area contributed by atoms with Crippen molar-refractivity contribution in [3.63, 3.8) is 0 Å². The maximum Gasteiger partial charge on any atom is 0.234 e. The van der Waals surface area contributed by atoms with E-state index in [1.165, 1.54) is 30.2 Å². The van der Waals surface area contributed by atoms with Crippen LogP contribution in [0.1, 0.15) is 26.2 Å². The zero-order chi connectivity index (χ0) is 21.3. The van der Waals surface area contributed by atoms with Crippen molar-refractivity contribution in [2.45, 2.75) is 31.2 Å². The molecule has 0 unspecified atom stereocenters. The van der Waals surface area contributed by atoms with E-state index in [2.05, 4.69) is 25.5 Å². The molecule has 0 radical (unpaired) electrons. The second-order valence-corrected chi connectivity index (χ2v) is 8.08. The van der Waals surface area contributed by atoms with Gasteiger partial charge in [-0.15, -0.1) is 0 Å². The van der Waals surface area contributed by atoms with Crippen molar-refractivity contribution >= 4 is 35.1 Å². The third-order valence-electron chi connectivity index (χ3n) is 4.87. The lowest BCUT2D eigenvalue weighted by Crippen LogP contribution is -2.41. The van der Waals surface area contributed by atoms with E-state index in [0.717, 1.165) is 44.7 Å². The maximum absolute atomic E-state index is 13.6. The third kappa shape index (κ3) is 6.16. The van der Waals surface area contributed by atoms with Gasteiger partial charge in [0.05, 0.1) is 11.4 Å². The lowest BCUT2D eigenvalue weighted by Gasteiger charge is -2.32. The van der Waals surface area contributed by atoms with Crippen molar-refractivity contribution in [1.29, 1.82) is 0 Å². The summed E-state index contributed by atoms with van der Waals surface area (Å²) in [5, 5.41) is 6.20. The van der Waals surface area contributed by atoms with Gasteiger partial charge in [-0.05, 0) is 31.4 Å². The van der Waals surface area contributed by atoms with Crippen LogP contribution in [0.15, 0.2) is 41.7 Å². The molecule has 2 aromatic rings. The highest BCUT2D eigenvalue weighted by molar-refractivity contribution is 7.99. The molecule has 9 heteroatoms. The fourth-order valence-electron chi connectivity index (χ4n) is 3.23. The molecule has 0 bridgehead atoms. The third-order valence-corrected chi connectivity index (χ3v) is 5.79. The fourth-order valence-corrected chi connectivity index (χ4v) is 3.90. The zero-order valence-electron chi connectivity index (χ0n) is 16.9. The number of nitrogens with zero attached hydrogens (tertiary/aromatic N) is 3. The monoisotopic (exact) mass is 431 g/mol. The molecule has 160 valence electrons. The molecule has 1 saturated heterocycles. The van der Waals surface area contributed by atoms with Crippen molar-refractivity contribution in [3.05, 3.63) is 42.5 Å². The number of aromatic nitrogens is 2. The average Bonchev–Trinajstić information content (AvgIpc) is 2.78. The van der Waals surface area contributed by atoms with Gasteiger partial charge in [0.1, 0.15) is 23.0 Å². The molecule has 1 aromatic heterocycles. The molecule has 1 aromatic carbocycles. The summed E-state index contributed by atoms with van der Waals surface area (Å²) in [5.41, 5.74) is 0.164. The number of para-hydroxylation sites is 1. The van der Waals surface area contributed by atoms with E-state index in [1.54, 1.807) is 12.1 Å². The lowest BCUT2D eigenvalue weighted by atomic mass is 9.96. The summed E-state index contributed by atoms with van der Waals surface area (Å²) in [5.74, 6) is 0.317. The highest BCUT2D eigenvalue weighted by Gasteiger charge is 2.25. The number of carbonyl (C=O) groups is 2. The van der Waals surface area contributed by atoms with Crippen molar-refractivity contribution in [2.24, 2.45) is 5.92 Å². The summed E-state index contributed by atoms with van der Waals surface area (Å²) >= 11 is 1.27. The second-order valence-electron chi connectivity index (χ2n) is 7.08. The van der Waals surface area contributed by atoms with Gasteiger partial charge in [-0.2, -0.15) is 0 Å². The Hall–Kier alpha value is -2.68. The zero-order valence-corrected chi connectivity index (χ0v) is 17.8. The Bertz CT molecular complexity index is 874. The molecule has 0 aliphatic carbocycles. The highest BCUT2D eigenvalue weighted by atomic mass is 32.2. The summed E-state index contributed by atoms with van der Waals surface area (Å²) in [6.07, 6.45) is 3.98. The van der Waals surface area contributed by atoms with E-state index in [4.69, 9.17) is 0 Å². The van der Waals surface area contributed by atoms with Crippen LogP contribution in [0.3, 0.4) is 0 Å². The summed E-state index contributed by atoms with van der Waals surface area (Å²) in [4.78, 5) is 34.9. The van der Waals surface area contributed by atoms with Gasteiger partial charge >= 0.3 is 0 Å². The minimum absolute atomic E-state index is 0.0468. The quantitative estimate of drug-likeness (QED) is 0.493. The second kappa shape index (κ2) is 10.9. The molecule has 0 atom stereocenters. The minimum Gasteiger partial charge on any atom is -0.356 e.